The molecule has 0 spiro atoms. The third-order valence-corrected chi connectivity index (χ3v) is 6.95. The van der Waals surface area contributed by atoms with Gasteiger partial charge in [-0.05, 0) is 50.1 Å². The Kier molecular flexibility index (Phi) is 9.57. The van der Waals surface area contributed by atoms with Gasteiger partial charge in [0.05, 0.1) is 22.0 Å². The van der Waals surface area contributed by atoms with Crippen LogP contribution in [0, 0.1) is 6.92 Å². The number of carbonyl (C=O) groups excluding carboxylic acids is 2. The van der Waals surface area contributed by atoms with Crippen LogP contribution in [0.1, 0.15) is 31.4 Å². The van der Waals surface area contributed by atoms with Gasteiger partial charge in [0.2, 0.25) is 21.8 Å². The average Bonchev–Trinajstić information content (AvgIpc) is 2.74. The van der Waals surface area contributed by atoms with Gasteiger partial charge in [0.25, 0.3) is 0 Å². The number of carbonyl (C=O) groups is 2. The van der Waals surface area contributed by atoms with Gasteiger partial charge in [-0.3, -0.25) is 13.9 Å². The molecule has 7 nitrogen and oxygen atoms in total. The highest BCUT2D eigenvalue weighted by atomic mass is 35.5. The van der Waals surface area contributed by atoms with Crippen molar-refractivity contribution in [3.05, 3.63) is 63.6 Å². The number of aryl methyl sites for hydroxylation is 1. The van der Waals surface area contributed by atoms with Gasteiger partial charge >= 0.3 is 0 Å². The first-order valence-corrected chi connectivity index (χ1v) is 13.1. The summed E-state index contributed by atoms with van der Waals surface area (Å²) in [7, 11) is -3.76. The van der Waals surface area contributed by atoms with Crippen molar-refractivity contribution in [2.45, 2.75) is 39.8 Å². The van der Waals surface area contributed by atoms with E-state index in [1.54, 1.807) is 56.3 Å². The van der Waals surface area contributed by atoms with E-state index in [1.807, 2.05) is 6.92 Å². The predicted octanol–water partition coefficient (Wildman–Crippen LogP) is 4.01. The maximum absolute atomic E-state index is 13.5. The molecule has 1 N–H and O–H groups in total. The number of nitrogens with zero attached hydrogens (tertiary/aromatic N) is 2. The van der Waals surface area contributed by atoms with Crippen LogP contribution in [0.15, 0.2) is 42.5 Å². The van der Waals surface area contributed by atoms with E-state index < -0.39 is 28.5 Å². The maximum Gasteiger partial charge on any atom is 0.244 e. The van der Waals surface area contributed by atoms with Crippen molar-refractivity contribution in [1.82, 2.24) is 10.2 Å². The fourth-order valence-electron chi connectivity index (χ4n) is 3.37. The molecule has 0 aromatic heterocycles. The minimum atomic E-state index is -3.76. The number of hydrogen-bond donors (Lipinski definition) is 1. The molecule has 180 valence electrons. The molecule has 0 aliphatic heterocycles. The van der Waals surface area contributed by atoms with Crippen LogP contribution in [-0.2, 0) is 26.2 Å². The van der Waals surface area contributed by atoms with Gasteiger partial charge in [0.15, 0.2) is 0 Å². The second-order valence-corrected chi connectivity index (χ2v) is 10.4. The van der Waals surface area contributed by atoms with Crippen molar-refractivity contribution < 1.29 is 18.0 Å². The lowest BCUT2D eigenvalue weighted by atomic mass is 10.1. The van der Waals surface area contributed by atoms with E-state index in [2.05, 4.69) is 5.32 Å². The second kappa shape index (κ2) is 11.7. The summed E-state index contributed by atoms with van der Waals surface area (Å²) in [6, 6.07) is 11.0. The Balaban J connectivity index is 2.44. The molecule has 2 aromatic rings. The number of halogens is 2. The Morgan fingerprint density at radius 2 is 1.67 bits per heavy atom. The van der Waals surface area contributed by atoms with Gasteiger partial charge in [-0.15, -0.1) is 0 Å². The number of amides is 2. The molecular formula is C23H29Cl2N3O4S. The molecule has 2 rings (SSSR count). The Morgan fingerprint density at radius 3 is 2.18 bits per heavy atom. The van der Waals surface area contributed by atoms with E-state index >= 15 is 0 Å². The number of anilines is 1. The minimum Gasteiger partial charge on any atom is -0.355 e. The summed E-state index contributed by atoms with van der Waals surface area (Å²) >= 11 is 12.1. The largest absolute Gasteiger partial charge is 0.355 e. The van der Waals surface area contributed by atoms with Crippen LogP contribution in [0.3, 0.4) is 0 Å². The number of sulfonamides is 1. The Bertz CT molecular complexity index is 1090. The van der Waals surface area contributed by atoms with Crippen molar-refractivity contribution in [3.63, 3.8) is 0 Å². The topological polar surface area (TPSA) is 86.8 Å². The first kappa shape index (κ1) is 27.0. The zero-order chi connectivity index (χ0) is 24.8. The van der Waals surface area contributed by atoms with Crippen LogP contribution in [0.2, 0.25) is 10.0 Å². The number of rotatable bonds is 10. The molecule has 0 bridgehead atoms. The molecule has 0 unspecified atom stereocenters. The van der Waals surface area contributed by atoms with E-state index in [-0.39, 0.29) is 12.5 Å². The van der Waals surface area contributed by atoms with E-state index in [0.717, 1.165) is 16.1 Å². The highest BCUT2D eigenvalue weighted by Crippen LogP contribution is 2.25. The maximum atomic E-state index is 13.5. The van der Waals surface area contributed by atoms with Crippen molar-refractivity contribution in [2.75, 3.05) is 23.7 Å². The standard InChI is InChI=1S/C23H29Cl2N3O4S/c1-5-21(23(30)26-6-2)27(14-17-9-12-19(24)20(25)13-17)22(29)15-28(33(4,31)32)18-10-7-16(3)8-11-18/h7-13,21H,5-6,14-15H2,1-4H3,(H,26,30)/t21-/m1/s1. The third-order valence-electron chi connectivity index (χ3n) is 5.08. The Morgan fingerprint density at radius 1 is 1.03 bits per heavy atom. The van der Waals surface area contributed by atoms with Crippen LogP contribution in [0.25, 0.3) is 0 Å². The highest BCUT2D eigenvalue weighted by molar-refractivity contribution is 7.92. The normalized spacial score (nSPS) is 12.2. The summed E-state index contributed by atoms with van der Waals surface area (Å²) in [6.45, 7) is 5.50. The van der Waals surface area contributed by atoms with Crippen LogP contribution in [0.5, 0.6) is 0 Å². The second-order valence-electron chi connectivity index (χ2n) is 7.69. The minimum absolute atomic E-state index is 0.0663. The molecule has 2 amide bonds. The Hall–Kier alpha value is -2.29. The lowest BCUT2D eigenvalue weighted by molar-refractivity contribution is -0.140. The predicted molar refractivity (Wildman–Crippen MR) is 133 cm³/mol. The molecule has 10 heteroatoms. The summed E-state index contributed by atoms with van der Waals surface area (Å²) in [4.78, 5) is 27.6. The molecule has 0 saturated heterocycles. The third kappa shape index (κ3) is 7.35. The van der Waals surface area contributed by atoms with Crippen molar-refractivity contribution in [1.29, 1.82) is 0 Å². The van der Waals surface area contributed by atoms with Gasteiger partial charge < -0.3 is 10.2 Å². The molecule has 0 aliphatic carbocycles. The summed E-state index contributed by atoms with van der Waals surface area (Å²) in [5, 5.41) is 3.44. The quantitative estimate of drug-likeness (QED) is 0.519. The number of nitrogens with one attached hydrogen (secondary N) is 1. The van der Waals surface area contributed by atoms with Crippen molar-refractivity contribution in [3.8, 4) is 0 Å². The van der Waals surface area contributed by atoms with Crippen LogP contribution < -0.4 is 9.62 Å². The van der Waals surface area contributed by atoms with Crippen LogP contribution in [0.4, 0.5) is 5.69 Å². The number of likely N-dealkylation sites (N-methyl/N-ethyl adjacent to an activating group) is 1. The van der Waals surface area contributed by atoms with Crippen molar-refractivity contribution in [2.24, 2.45) is 0 Å². The molecule has 2 aromatic carbocycles. The van der Waals surface area contributed by atoms with E-state index in [1.165, 1.54) is 4.90 Å². The van der Waals surface area contributed by atoms with Crippen LogP contribution in [-0.4, -0.2) is 50.5 Å². The fraction of sp³-hybridized carbons (Fsp3) is 0.391. The molecule has 0 fully saturated rings. The first-order valence-electron chi connectivity index (χ1n) is 10.5. The van der Waals surface area contributed by atoms with Gasteiger partial charge in [0, 0.05) is 13.1 Å². The van der Waals surface area contributed by atoms with Crippen LogP contribution >= 0.6 is 23.2 Å². The number of hydrogen-bond acceptors (Lipinski definition) is 4. The summed E-state index contributed by atoms with van der Waals surface area (Å²) in [5.41, 5.74) is 2.00. The average molecular weight is 514 g/mol. The molecular weight excluding hydrogens is 485 g/mol. The molecule has 33 heavy (non-hydrogen) atoms. The van der Waals surface area contributed by atoms with Gasteiger partial charge in [-0.25, -0.2) is 8.42 Å². The summed E-state index contributed by atoms with van der Waals surface area (Å²) in [6.07, 6.45) is 1.40. The monoisotopic (exact) mass is 513 g/mol. The van der Waals surface area contributed by atoms with Gasteiger partial charge in [-0.1, -0.05) is 53.9 Å². The van der Waals surface area contributed by atoms with E-state index in [0.29, 0.717) is 34.3 Å². The van der Waals surface area contributed by atoms with Gasteiger partial charge in [-0.2, -0.15) is 0 Å². The molecule has 0 heterocycles. The zero-order valence-electron chi connectivity index (χ0n) is 19.1. The summed E-state index contributed by atoms with van der Waals surface area (Å²) in [5.74, 6) is -0.820. The van der Waals surface area contributed by atoms with E-state index in [9.17, 15) is 18.0 Å². The molecule has 0 aliphatic rings. The van der Waals surface area contributed by atoms with E-state index in [4.69, 9.17) is 23.2 Å². The highest BCUT2D eigenvalue weighted by Gasteiger charge is 2.31. The van der Waals surface area contributed by atoms with Crippen molar-refractivity contribution >= 4 is 50.7 Å². The lowest BCUT2D eigenvalue weighted by Gasteiger charge is -2.32. The molecule has 1 atom stereocenters. The first-order chi connectivity index (χ1) is 15.5. The number of benzene rings is 2. The molecule has 0 radical (unpaired) electrons. The lowest BCUT2D eigenvalue weighted by Crippen LogP contribution is -2.52. The Labute approximate surface area is 205 Å². The fourth-order valence-corrected chi connectivity index (χ4v) is 4.54. The van der Waals surface area contributed by atoms with Gasteiger partial charge in [0.1, 0.15) is 12.6 Å². The summed E-state index contributed by atoms with van der Waals surface area (Å²) < 4.78 is 26.1. The smallest absolute Gasteiger partial charge is 0.244 e. The SMILES string of the molecule is CCNC(=O)[C@@H](CC)N(Cc1ccc(Cl)c(Cl)c1)C(=O)CN(c1ccc(C)cc1)S(C)(=O)=O. The molecule has 0 saturated carbocycles. The zero-order valence-corrected chi connectivity index (χ0v) is 21.5.